The minimum absolute atomic E-state index is 0.0000775. The van der Waals surface area contributed by atoms with Crippen LogP contribution in [0.2, 0.25) is 36.3 Å². The summed E-state index contributed by atoms with van der Waals surface area (Å²) in [5, 5.41) is 13.2. The zero-order valence-electron chi connectivity index (χ0n) is 55.7. The van der Waals surface area contributed by atoms with Crippen molar-refractivity contribution in [2.75, 3.05) is 27.0 Å². The molecule has 5 aromatic rings. The van der Waals surface area contributed by atoms with Gasteiger partial charge < -0.3 is 33.5 Å². The van der Waals surface area contributed by atoms with E-state index >= 15 is 0 Å². The van der Waals surface area contributed by atoms with Crippen LogP contribution in [-0.2, 0) is 55.6 Å². The van der Waals surface area contributed by atoms with Crippen molar-refractivity contribution in [3.8, 4) is 17.2 Å². The maximum Gasteiger partial charge on any atom is 0.573 e. The molecule has 3 heterocycles. The molecule has 514 valence electrons. The number of ether oxygens (including phenoxy) is 3. The first kappa shape index (κ1) is 76.0. The predicted octanol–water partition coefficient (Wildman–Crippen LogP) is 15.9. The van der Waals surface area contributed by atoms with E-state index < -0.39 is 42.9 Å². The Labute approximate surface area is 544 Å². The molecule has 3 aliphatic heterocycles. The highest BCUT2D eigenvalue weighted by Gasteiger charge is 2.43. The summed E-state index contributed by atoms with van der Waals surface area (Å²) >= 11 is 0. The second-order valence-electron chi connectivity index (χ2n) is 26.6. The summed E-state index contributed by atoms with van der Waals surface area (Å²) in [6.07, 6.45) is -9.70. The predicted molar refractivity (Wildman–Crippen MR) is 343 cm³/mol. The van der Waals surface area contributed by atoms with Gasteiger partial charge in [0.15, 0.2) is 34.0 Å². The van der Waals surface area contributed by atoms with Crippen LogP contribution in [-0.4, -0.2) is 131 Å². The summed E-state index contributed by atoms with van der Waals surface area (Å²) < 4.78 is 152. The van der Waals surface area contributed by atoms with Crippen molar-refractivity contribution < 1.29 is 87.8 Å². The van der Waals surface area contributed by atoms with Gasteiger partial charge in [-0.25, -0.2) is 0 Å². The van der Waals surface area contributed by atoms with Crippen molar-refractivity contribution in [3.63, 3.8) is 0 Å². The van der Waals surface area contributed by atoms with Crippen LogP contribution in [0.3, 0.4) is 0 Å². The van der Waals surface area contributed by atoms with E-state index in [0.717, 1.165) is 24.0 Å². The number of likely N-dealkylation sites (tertiary alicyclic amines) is 2. The highest BCUT2D eigenvalue weighted by molar-refractivity contribution is 6.74. The number of carbonyl (C=O) groups excluding carboxylic acids is 3. The van der Waals surface area contributed by atoms with Gasteiger partial charge >= 0.3 is 19.1 Å². The van der Waals surface area contributed by atoms with E-state index in [1.165, 1.54) is 54.6 Å². The molecule has 6 atom stereocenters. The molecule has 3 aliphatic rings. The molecule has 3 saturated heterocycles. The zero-order chi connectivity index (χ0) is 69.9. The Morgan fingerprint density at radius 2 is 0.839 bits per heavy atom. The van der Waals surface area contributed by atoms with Crippen molar-refractivity contribution in [1.82, 2.24) is 15.1 Å². The number of Topliss-reactive ketones (excluding diaryl/α,β-unsaturated/α-hetero) is 3. The van der Waals surface area contributed by atoms with E-state index in [1.807, 2.05) is 65.6 Å². The summed E-state index contributed by atoms with van der Waals surface area (Å²) in [7, 11) is -4.79. The summed E-state index contributed by atoms with van der Waals surface area (Å²) in [6, 6.07) is 35.6. The molecule has 0 bridgehead atoms. The topological polar surface area (TPSA) is 136 Å². The number of nitrogens with zero attached hydrogens (tertiary/aromatic N) is 2. The van der Waals surface area contributed by atoms with E-state index in [0.29, 0.717) is 68.7 Å². The molecular weight excluding hydrogens is 1260 g/mol. The van der Waals surface area contributed by atoms with Crippen molar-refractivity contribution >= 4 is 34.0 Å². The highest BCUT2D eigenvalue weighted by Crippen LogP contribution is 2.40. The maximum atomic E-state index is 13.4. The van der Waals surface area contributed by atoms with Crippen LogP contribution in [0.25, 0.3) is 0 Å². The van der Waals surface area contributed by atoms with Gasteiger partial charge in [0, 0.05) is 63.7 Å². The van der Waals surface area contributed by atoms with Gasteiger partial charge in [0.25, 0.3) is 0 Å². The number of halogens is 10. The van der Waals surface area contributed by atoms with E-state index in [2.05, 4.69) is 92.2 Å². The Balaban J connectivity index is 0.000000252. The Morgan fingerprint density at radius 3 is 1.20 bits per heavy atom. The van der Waals surface area contributed by atoms with Crippen LogP contribution >= 0.6 is 0 Å². The normalized spacial score (nSPS) is 20.0. The fraction of sp³-hybridized carbons (Fsp3) is 0.522. The average Bonchev–Trinajstić information content (AvgIpc) is 1.21. The smallest absolute Gasteiger partial charge is 0.415 e. The Morgan fingerprint density at radius 1 is 0.495 bits per heavy atom. The van der Waals surface area contributed by atoms with E-state index in [-0.39, 0.29) is 107 Å². The van der Waals surface area contributed by atoms with Crippen LogP contribution in [0, 0.1) is 0 Å². The van der Waals surface area contributed by atoms with E-state index in [9.17, 15) is 63.4 Å². The van der Waals surface area contributed by atoms with Crippen molar-refractivity contribution in [2.45, 2.75) is 204 Å². The summed E-state index contributed by atoms with van der Waals surface area (Å²) in [5.74, 6) is -1.05. The summed E-state index contributed by atoms with van der Waals surface area (Å²) in [6.45, 7) is 24.3. The Bertz CT molecular complexity index is 3150. The van der Waals surface area contributed by atoms with Gasteiger partial charge in [-0.2, -0.15) is 0 Å². The molecular formula is C69H91F10N3O9Si2. The van der Waals surface area contributed by atoms with Gasteiger partial charge in [-0.15, -0.1) is 39.5 Å². The Hall–Kier alpha value is -6.00. The molecule has 12 nitrogen and oxygen atoms in total. The molecule has 3 fully saturated rings. The van der Waals surface area contributed by atoms with Gasteiger partial charge in [0.05, 0.1) is 33.3 Å². The average molecular weight is 1350 g/mol. The number of ketones is 3. The molecule has 2 N–H and O–H groups in total. The third-order valence-electron chi connectivity index (χ3n) is 17.7. The molecule has 8 rings (SSSR count). The molecule has 5 aromatic carbocycles. The van der Waals surface area contributed by atoms with Crippen molar-refractivity contribution in [1.29, 1.82) is 0 Å². The van der Waals surface area contributed by atoms with Crippen LogP contribution < -0.4 is 19.5 Å². The number of aliphatic hydroxyl groups excluding tert-OH is 1. The number of rotatable bonds is 23. The van der Waals surface area contributed by atoms with Crippen molar-refractivity contribution in [2.24, 2.45) is 0 Å². The standard InChI is InChI=1S/C27H36F3NO3Si.C21H22F3NO3.C20H30F3NO3Si.CH3F/c1-26(2,3)35(4,5)33-19-22-14-15-24(31(22)18-20-10-7-6-8-11-20)25(32)17-21-12-9-13-23(16-21)34-27(28,29)30;22-21(23,24)28-18-8-4-7-16(11-18)12-20(27)19-10-9-17(14-26)25(19)13-15-5-2-1-3-6-15;1-19(2,3)28(4,5)26-13-15-9-10-17(24-15)18(25)12-14-7-6-8-16(11-14)27-20(21,22)23;1-2/h6-13,16,22,24H,14-15,17-19H2,1-5H3;1-8,11,17,19,26H,9-10,12-14H2;6-8,11,15,17,24H,9-10,12-13H2,1-5H3;1H3/t22-,24+;17-,19+;15-,17+;/m111./s1/i;;;1D. The Kier molecular flexibility index (Phi) is 27.9. The first-order valence-electron chi connectivity index (χ1n) is 31.7. The molecule has 0 aliphatic carbocycles. The molecule has 0 unspecified atom stereocenters. The molecule has 0 amide bonds. The van der Waals surface area contributed by atoms with Crippen LogP contribution in [0.5, 0.6) is 17.2 Å². The van der Waals surface area contributed by atoms with Gasteiger partial charge in [0.2, 0.25) is 0 Å². The summed E-state index contributed by atoms with van der Waals surface area (Å²) in [4.78, 5) is 43.0. The number of carbonyl (C=O) groups is 3. The van der Waals surface area contributed by atoms with Crippen LogP contribution in [0.15, 0.2) is 133 Å². The molecule has 0 saturated carbocycles. The fourth-order valence-corrected chi connectivity index (χ4v) is 12.9. The number of benzene rings is 5. The summed E-state index contributed by atoms with van der Waals surface area (Å²) in [5.41, 5.74) is 3.65. The lowest BCUT2D eigenvalue weighted by atomic mass is 10.0. The molecule has 0 radical (unpaired) electrons. The third-order valence-corrected chi connectivity index (χ3v) is 26.7. The number of hydrogen-bond donors (Lipinski definition) is 2. The van der Waals surface area contributed by atoms with Crippen molar-refractivity contribution in [3.05, 3.63) is 161 Å². The minimum Gasteiger partial charge on any atom is -0.415 e. The minimum atomic E-state index is -4.77. The second kappa shape index (κ2) is 34.1. The zero-order valence-corrected chi connectivity index (χ0v) is 56.7. The second-order valence-corrected chi connectivity index (χ2v) is 36.3. The molecule has 0 aromatic heterocycles. The monoisotopic (exact) mass is 1350 g/mol. The number of aliphatic hydroxyl groups is 1. The van der Waals surface area contributed by atoms with Gasteiger partial charge in [-0.05, 0) is 139 Å². The highest BCUT2D eigenvalue weighted by atomic mass is 28.4. The molecule has 93 heavy (non-hydrogen) atoms. The van der Waals surface area contributed by atoms with Gasteiger partial charge in [-0.3, -0.25) is 28.6 Å². The van der Waals surface area contributed by atoms with E-state index in [4.69, 9.17) is 10.2 Å². The quantitative estimate of drug-likeness (QED) is 0.0476. The number of nitrogens with one attached hydrogen (secondary N) is 1. The first-order chi connectivity index (χ1) is 43.8. The molecule has 0 spiro atoms. The molecule has 24 heteroatoms. The lowest BCUT2D eigenvalue weighted by Crippen LogP contribution is -2.47. The lowest BCUT2D eigenvalue weighted by Gasteiger charge is -2.38. The van der Waals surface area contributed by atoms with Gasteiger partial charge in [0.1, 0.15) is 17.2 Å². The van der Waals surface area contributed by atoms with E-state index in [1.54, 1.807) is 18.2 Å². The number of hydrogen-bond acceptors (Lipinski definition) is 12. The van der Waals surface area contributed by atoms with Crippen LogP contribution in [0.4, 0.5) is 43.9 Å². The largest absolute Gasteiger partial charge is 0.573 e. The number of alkyl halides is 10. The first-order valence-corrected chi connectivity index (χ1v) is 36.8. The third kappa shape index (κ3) is 25.6. The maximum absolute atomic E-state index is 13.4. The van der Waals surface area contributed by atoms with Gasteiger partial charge in [-0.1, -0.05) is 139 Å². The van der Waals surface area contributed by atoms with Crippen LogP contribution in [0.1, 0.15) is 109 Å². The lowest BCUT2D eigenvalue weighted by molar-refractivity contribution is -0.275. The SMILES string of the molecule is CC(C)(C)[Si](C)(C)OC[C@H]1CC[C@@H](C(=O)Cc2cccc(OC(F)(F)F)c2)N1.CC(C)(C)[Si](C)(C)OC[C@H]1CC[C@@H](C(=O)Cc2cccc(OC(F)(F)F)c2)N1Cc1ccccc1.O=C(Cc1cccc(OC(F)(F)F)c1)[C@@H]1CC[C@H](CO)N1Cc1ccccc1.[2H]CF. The fourth-order valence-electron chi connectivity index (χ4n) is 10.8.